The summed E-state index contributed by atoms with van der Waals surface area (Å²) in [5, 5.41) is 2.54. The van der Waals surface area contributed by atoms with Gasteiger partial charge in [0.05, 0.1) is 18.9 Å². The number of oxazole rings is 1. The Morgan fingerprint density at radius 1 is 0.971 bits per heavy atom. The molecule has 0 saturated heterocycles. The van der Waals surface area contributed by atoms with Crippen molar-refractivity contribution in [3.8, 4) is 17.2 Å². The van der Waals surface area contributed by atoms with Gasteiger partial charge < -0.3 is 18.9 Å². The number of hydrogen-bond donors (Lipinski definition) is 1. The van der Waals surface area contributed by atoms with E-state index < -0.39 is 35.1 Å². The molecule has 0 aliphatic carbocycles. The lowest BCUT2D eigenvalue weighted by Crippen LogP contribution is -2.50. The molecule has 2 aromatic heterocycles. The SMILES string of the molecule is COc1ccc(NC(=O)c2ccco2)cc1-c1nc2ccc(C(F)(C(F)(F)F)C(F)(F)F)cc2o1. The maximum absolute atomic E-state index is 14.4. The van der Waals surface area contributed by atoms with Gasteiger partial charge in [-0.1, -0.05) is 6.07 Å². The zero-order valence-electron chi connectivity index (χ0n) is 17.4. The van der Waals surface area contributed by atoms with Crippen molar-refractivity contribution in [2.24, 2.45) is 0 Å². The van der Waals surface area contributed by atoms with Gasteiger partial charge in [-0.15, -0.1) is 0 Å². The number of halogens is 7. The third-order valence-corrected chi connectivity index (χ3v) is 5.00. The monoisotopic (exact) mass is 502 g/mol. The highest BCUT2D eigenvalue weighted by Crippen LogP contribution is 2.53. The molecule has 184 valence electrons. The Morgan fingerprint density at radius 2 is 1.69 bits per heavy atom. The van der Waals surface area contributed by atoms with Crippen molar-refractivity contribution >= 4 is 22.7 Å². The Kier molecular flexibility index (Phi) is 5.73. The van der Waals surface area contributed by atoms with Gasteiger partial charge in [0, 0.05) is 11.3 Å². The number of rotatable bonds is 5. The van der Waals surface area contributed by atoms with Crippen LogP contribution in [0.25, 0.3) is 22.6 Å². The summed E-state index contributed by atoms with van der Waals surface area (Å²) in [6.45, 7) is 0. The van der Waals surface area contributed by atoms with E-state index in [0.29, 0.717) is 12.1 Å². The summed E-state index contributed by atoms with van der Waals surface area (Å²) < 4.78 is 109. The highest BCUT2D eigenvalue weighted by molar-refractivity contribution is 6.02. The number of benzene rings is 2. The summed E-state index contributed by atoms with van der Waals surface area (Å²) in [4.78, 5) is 16.3. The van der Waals surface area contributed by atoms with Gasteiger partial charge in [0.15, 0.2) is 11.3 Å². The molecule has 1 N–H and O–H groups in total. The fourth-order valence-electron chi connectivity index (χ4n) is 3.30. The molecule has 35 heavy (non-hydrogen) atoms. The highest BCUT2D eigenvalue weighted by atomic mass is 19.4. The molecule has 2 aromatic carbocycles. The van der Waals surface area contributed by atoms with Gasteiger partial charge in [0.1, 0.15) is 11.3 Å². The summed E-state index contributed by atoms with van der Waals surface area (Å²) >= 11 is 0. The third kappa shape index (κ3) is 4.17. The fourth-order valence-corrected chi connectivity index (χ4v) is 3.30. The predicted octanol–water partition coefficient (Wildman–Crippen LogP) is 6.64. The molecule has 0 aliphatic heterocycles. The van der Waals surface area contributed by atoms with E-state index in [0.717, 1.165) is 6.07 Å². The smallest absolute Gasteiger partial charge is 0.435 e. The minimum absolute atomic E-state index is 0.0146. The predicted molar refractivity (Wildman–Crippen MR) is 108 cm³/mol. The van der Waals surface area contributed by atoms with E-state index in [4.69, 9.17) is 13.6 Å². The van der Waals surface area contributed by atoms with Crippen LogP contribution in [0.4, 0.5) is 36.4 Å². The van der Waals surface area contributed by atoms with Gasteiger partial charge in [0.25, 0.3) is 5.91 Å². The van der Waals surface area contributed by atoms with E-state index in [-0.39, 0.29) is 34.2 Å². The molecule has 6 nitrogen and oxygen atoms in total. The van der Waals surface area contributed by atoms with Gasteiger partial charge >= 0.3 is 18.0 Å². The zero-order valence-corrected chi connectivity index (χ0v) is 17.4. The fraction of sp³-hybridized carbons (Fsp3) is 0.182. The average molecular weight is 502 g/mol. The Balaban J connectivity index is 1.76. The van der Waals surface area contributed by atoms with Gasteiger partial charge in [-0.05, 0) is 42.5 Å². The van der Waals surface area contributed by atoms with E-state index in [9.17, 15) is 35.5 Å². The average Bonchev–Trinajstić information content (AvgIpc) is 3.46. The molecule has 2 heterocycles. The molecule has 0 atom stereocenters. The number of fused-ring (bicyclic) bond motifs is 1. The van der Waals surface area contributed by atoms with Crippen LogP contribution in [0.1, 0.15) is 16.1 Å². The van der Waals surface area contributed by atoms with E-state index in [1.165, 1.54) is 43.7 Å². The van der Waals surface area contributed by atoms with Crippen molar-refractivity contribution < 1.29 is 49.1 Å². The Labute approximate surface area is 191 Å². The second-order valence-corrected chi connectivity index (χ2v) is 7.20. The number of nitrogens with one attached hydrogen (secondary N) is 1. The van der Waals surface area contributed by atoms with E-state index in [1.54, 1.807) is 0 Å². The largest absolute Gasteiger partial charge is 0.496 e. The van der Waals surface area contributed by atoms with Crippen molar-refractivity contribution in [1.29, 1.82) is 0 Å². The first kappa shape index (κ1) is 24.1. The van der Waals surface area contributed by atoms with Crippen LogP contribution in [0.3, 0.4) is 0 Å². The quantitative estimate of drug-likeness (QED) is 0.310. The molecule has 0 saturated carbocycles. The van der Waals surface area contributed by atoms with Crippen molar-refractivity contribution in [3.05, 3.63) is 66.1 Å². The minimum Gasteiger partial charge on any atom is -0.496 e. The van der Waals surface area contributed by atoms with E-state index in [2.05, 4.69) is 10.3 Å². The van der Waals surface area contributed by atoms with Gasteiger partial charge in [0.2, 0.25) is 5.89 Å². The summed E-state index contributed by atoms with van der Waals surface area (Å²) in [7, 11) is 1.30. The molecule has 0 aliphatic rings. The lowest BCUT2D eigenvalue weighted by Gasteiger charge is -2.30. The molecule has 0 radical (unpaired) electrons. The number of nitrogens with zero attached hydrogens (tertiary/aromatic N) is 1. The van der Waals surface area contributed by atoms with Crippen LogP contribution in [0.15, 0.2) is 63.6 Å². The highest BCUT2D eigenvalue weighted by Gasteiger charge is 2.73. The van der Waals surface area contributed by atoms with Crippen LogP contribution < -0.4 is 10.1 Å². The molecule has 4 aromatic rings. The van der Waals surface area contributed by atoms with Crippen LogP contribution in [0, 0.1) is 0 Å². The van der Waals surface area contributed by atoms with E-state index >= 15 is 0 Å². The van der Waals surface area contributed by atoms with Crippen LogP contribution in [-0.4, -0.2) is 30.4 Å². The van der Waals surface area contributed by atoms with Crippen molar-refractivity contribution in [2.45, 2.75) is 18.0 Å². The van der Waals surface area contributed by atoms with Crippen LogP contribution in [0.5, 0.6) is 5.75 Å². The Bertz CT molecular complexity index is 1360. The number of hydrogen-bond acceptors (Lipinski definition) is 5. The van der Waals surface area contributed by atoms with Crippen LogP contribution in [-0.2, 0) is 5.67 Å². The number of furan rings is 1. The second-order valence-electron chi connectivity index (χ2n) is 7.20. The number of anilines is 1. The molecule has 0 unspecified atom stereocenters. The zero-order chi connectivity index (χ0) is 25.6. The number of ether oxygens (including phenoxy) is 1. The van der Waals surface area contributed by atoms with Gasteiger partial charge in [-0.2, -0.15) is 26.3 Å². The normalized spacial score (nSPS) is 12.7. The molecular formula is C22H13F7N2O4. The molecule has 1 amide bonds. The van der Waals surface area contributed by atoms with Crippen molar-refractivity contribution in [2.75, 3.05) is 12.4 Å². The maximum atomic E-state index is 14.4. The second kappa shape index (κ2) is 8.32. The Morgan fingerprint density at radius 3 is 2.29 bits per heavy atom. The maximum Gasteiger partial charge on any atom is 0.435 e. The number of carbonyl (C=O) groups excluding carboxylic acids is 1. The number of methoxy groups -OCH3 is 1. The molecule has 13 heteroatoms. The first-order valence-electron chi connectivity index (χ1n) is 9.62. The van der Waals surface area contributed by atoms with Crippen LogP contribution in [0.2, 0.25) is 0 Å². The van der Waals surface area contributed by atoms with Crippen molar-refractivity contribution in [1.82, 2.24) is 4.98 Å². The summed E-state index contributed by atoms with van der Waals surface area (Å²) in [5.74, 6) is -0.669. The number of carbonyl (C=O) groups is 1. The number of alkyl halides is 7. The minimum atomic E-state index is -6.27. The van der Waals surface area contributed by atoms with Crippen LogP contribution >= 0.6 is 0 Å². The summed E-state index contributed by atoms with van der Waals surface area (Å²) in [6.07, 6.45) is -11.2. The van der Waals surface area contributed by atoms with Gasteiger partial charge in [-0.25, -0.2) is 9.37 Å². The molecular weight excluding hydrogens is 489 g/mol. The third-order valence-electron chi connectivity index (χ3n) is 5.00. The summed E-state index contributed by atoms with van der Waals surface area (Å²) in [5.41, 5.74) is -7.65. The topological polar surface area (TPSA) is 77.5 Å². The molecule has 0 bridgehead atoms. The number of amides is 1. The Hall–Kier alpha value is -4.03. The first-order chi connectivity index (χ1) is 16.3. The molecule has 0 fully saturated rings. The molecule has 4 rings (SSSR count). The standard InChI is InChI=1S/C22H13F7N2O4/c1-33-15-7-5-12(30-18(32)16-3-2-8-34-16)10-13(15)19-31-14-6-4-11(9-17(14)35-19)20(23,21(24,25)26)22(27,28)29/h2-10H,1H3,(H,30,32). The first-order valence-corrected chi connectivity index (χ1v) is 9.62. The molecule has 0 spiro atoms. The van der Waals surface area contributed by atoms with E-state index in [1.807, 2.05) is 0 Å². The lowest BCUT2D eigenvalue weighted by molar-refractivity contribution is -0.348. The van der Waals surface area contributed by atoms with Gasteiger partial charge in [-0.3, -0.25) is 4.79 Å². The summed E-state index contributed by atoms with van der Waals surface area (Å²) in [6, 6.07) is 8.58. The number of aromatic nitrogens is 1. The lowest BCUT2D eigenvalue weighted by atomic mass is 9.94. The van der Waals surface area contributed by atoms with Crippen molar-refractivity contribution in [3.63, 3.8) is 0 Å².